The van der Waals surface area contributed by atoms with Crippen molar-refractivity contribution < 1.29 is 0 Å². The van der Waals surface area contributed by atoms with E-state index in [9.17, 15) is 0 Å². The largest absolute Gasteiger partial charge is 0.384 e. The molecule has 0 amide bonds. The predicted molar refractivity (Wildman–Crippen MR) is 81.7 cm³/mol. The van der Waals surface area contributed by atoms with Gasteiger partial charge in [-0.1, -0.05) is 0 Å². The monoisotopic (exact) mass is 282 g/mol. The second-order valence-corrected chi connectivity index (χ2v) is 5.15. The third-order valence-corrected chi connectivity index (χ3v) is 3.78. The molecule has 6 nitrogen and oxygen atoms in total. The molecule has 3 aromatic heterocycles. The molecule has 0 unspecified atom stereocenters. The van der Waals surface area contributed by atoms with Gasteiger partial charge in [-0.2, -0.15) is 5.10 Å². The highest BCUT2D eigenvalue weighted by Crippen LogP contribution is 2.22. The zero-order valence-corrected chi connectivity index (χ0v) is 12.4. The predicted octanol–water partition coefficient (Wildman–Crippen LogP) is 1.93. The Morgan fingerprint density at radius 1 is 1.29 bits per heavy atom. The average Bonchev–Trinajstić information content (AvgIpc) is 3.00. The maximum atomic E-state index is 5.76. The van der Waals surface area contributed by atoms with E-state index in [1.54, 1.807) is 6.20 Å². The van der Waals surface area contributed by atoms with E-state index in [1.165, 1.54) is 11.3 Å². The fourth-order valence-corrected chi connectivity index (χ4v) is 2.51. The number of aromatic nitrogens is 5. The molecule has 108 valence electrons. The van der Waals surface area contributed by atoms with Crippen molar-refractivity contribution in [2.75, 3.05) is 5.73 Å². The summed E-state index contributed by atoms with van der Waals surface area (Å²) in [5, 5.41) is 4.46. The molecule has 0 aromatic carbocycles. The van der Waals surface area contributed by atoms with Crippen LogP contribution in [0.15, 0.2) is 30.9 Å². The summed E-state index contributed by atoms with van der Waals surface area (Å²) < 4.78 is 4.01. The first kappa shape index (κ1) is 13.4. The van der Waals surface area contributed by atoms with Gasteiger partial charge in [0.15, 0.2) is 0 Å². The Kier molecular flexibility index (Phi) is 3.21. The van der Waals surface area contributed by atoms with Gasteiger partial charge in [0.05, 0.1) is 30.5 Å². The molecule has 0 saturated carbocycles. The number of pyridine rings is 1. The number of nitrogen functional groups attached to an aromatic ring is 1. The maximum absolute atomic E-state index is 5.76. The zero-order valence-electron chi connectivity index (χ0n) is 12.4. The van der Waals surface area contributed by atoms with Gasteiger partial charge in [0.2, 0.25) is 0 Å². The summed E-state index contributed by atoms with van der Waals surface area (Å²) in [6.45, 7) is 4.85. The second-order valence-electron chi connectivity index (χ2n) is 5.15. The lowest BCUT2D eigenvalue weighted by molar-refractivity contribution is 0.727. The van der Waals surface area contributed by atoms with Crippen LogP contribution in [0, 0.1) is 13.8 Å². The highest BCUT2D eigenvalue weighted by Gasteiger charge is 2.12. The Balaban J connectivity index is 2.00. The zero-order chi connectivity index (χ0) is 15.0. The third-order valence-electron chi connectivity index (χ3n) is 3.78. The van der Waals surface area contributed by atoms with Gasteiger partial charge in [0, 0.05) is 30.1 Å². The molecule has 3 rings (SSSR count). The Morgan fingerprint density at radius 3 is 2.76 bits per heavy atom. The van der Waals surface area contributed by atoms with E-state index in [0.717, 1.165) is 23.5 Å². The van der Waals surface area contributed by atoms with Crippen LogP contribution in [-0.4, -0.2) is 24.3 Å². The summed E-state index contributed by atoms with van der Waals surface area (Å²) in [5.41, 5.74) is 11.2. The number of imidazole rings is 1. The molecule has 0 aliphatic rings. The van der Waals surface area contributed by atoms with Crippen LogP contribution in [0.2, 0.25) is 0 Å². The smallest absolute Gasteiger partial charge is 0.123 e. The van der Waals surface area contributed by atoms with Gasteiger partial charge < -0.3 is 10.3 Å². The molecule has 0 spiro atoms. The molecule has 0 atom stereocenters. The van der Waals surface area contributed by atoms with Crippen LogP contribution < -0.4 is 5.73 Å². The summed E-state index contributed by atoms with van der Waals surface area (Å²) in [5.74, 6) is 0.508. The van der Waals surface area contributed by atoms with Crippen molar-refractivity contribution in [3.05, 3.63) is 47.8 Å². The molecule has 21 heavy (non-hydrogen) atoms. The molecule has 3 aromatic rings. The molecule has 0 fully saturated rings. The maximum Gasteiger partial charge on any atom is 0.123 e. The van der Waals surface area contributed by atoms with E-state index in [0.29, 0.717) is 5.82 Å². The molecule has 3 heterocycles. The number of nitrogens with two attached hydrogens (primary N) is 1. The lowest BCUT2D eigenvalue weighted by Gasteiger charge is -2.09. The summed E-state index contributed by atoms with van der Waals surface area (Å²) in [6.07, 6.45) is 5.39. The van der Waals surface area contributed by atoms with Gasteiger partial charge in [-0.25, -0.2) is 9.97 Å². The van der Waals surface area contributed by atoms with E-state index in [1.807, 2.05) is 43.3 Å². The summed E-state index contributed by atoms with van der Waals surface area (Å²) in [6, 6.07) is 3.79. The quantitative estimate of drug-likeness (QED) is 0.796. The first-order chi connectivity index (χ1) is 10.1. The van der Waals surface area contributed by atoms with E-state index in [-0.39, 0.29) is 0 Å². The molecule has 6 heteroatoms. The highest BCUT2D eigenvalue weighted by atomic mass is 15.3. The molecule has 2 N–H and O–H groups in total. The number of anilines is 1. The fraction of sp³-hybridized carbons (Fsp3) is 0.267. The van der Waals surface area contributed by atoms with Crippen molar-refractivity contribution in [1.82, 2.24) is 24.3 Å². The van der Waals surface area contributed by atoms with Crippen molar-refractivity contribution in [2.24, 2.45) is 7.05 Å². The van der Waals surface area contributed by atoms with Crippen LogP contribution in [-0.2, 0) is 13.6 Å². The van der Waals surface area contributed by atoms with Gasteiger partial charge in [-0.15, -0.1) is 0 Å². The number of hydrogen-bond acceptors (Lipinski definition) is 4. The lowest BCUT2D eigenvalue weighted by Crippen LogP contribution is -2.03. The number of hydrogen-bond donors (Lipinski definition) is 1. The number of rotatable bonds is 3. The molecule has 0 aliphatic carbocycles. The van der Waals surface area contributed by atoms with Crippen LogP contribution in [0.3, 0.4) is 0 Å². The van der Waals surface area contributed by atoms with Gasteiger partial charge in [-0.3, -0.25) is 4.68 Å². The van der Waals surface area contributed by atoms with Crippen LogP contribution in [0.4, 0.5) is 5.82 Å². The normalized spacial score (nSPS) is 11.0. The summed E-state index contributed by atoms with van der Waals surface area (Å²) in [7, 11) is 1.96. The van der Waals surface area contributed by atoms with Crippen LogP contribution in [0.25, 0.3) is 11.3 Å². The van der Waals surface area contributed by atoms with E-state index in [4.69, 9.17) is 5.73 Å². The molecular weight excluding hydrogens is 264 g/mol. The van der Waals surface area contributed by atoms with Crippen LogP contribution in [0.5, 0.6) is 0 Å². The molecule has 0 aliphatic heterocycles. The Hall–Kier alpha value is -2.63. The fourth-order valence-electron chi connectivity index (χ4n) is 2.51. The standard InChI is InChI=1S/C15H18N6/c1-10-13(11(2)20(3)19-10)8-21-9-17-7-14(21)12-4-5-18-15(16)6-12/h4-7,9H,8H2,1-3H3,(H2,16,18). The minimum atomic E-state index is 0.508. The van der Waals surface area contributed by atoms with Crippen molar-refractivity contribution in [2.45, 2.75) is 20.4 Å². The average molecular weight is 282 g/mol. The molecule has 0 radical (unpaired) electrons. The van der Waals surface area contributed by atoms with Gasteiger partial charge in [0.25, 0.3) is 0 Å². The molecule has 0 bridgehead atoms. The van der Waals surface area contributed by atoms with E-state index < -0.39 is 0 Å². The van der Waals surface area contributed by atoms with Gasteiger partial charge in [0.1, 0.15) is 5.82 Å². The Labute approximate surface area is 123 Å². The Bertz CT molecular complexity index is 783. The number of aryl methyl sites for hydroxylation is 2. The topological polar surface area (TPSA) is 74.5 Å². The number of nitrogens with zero attached hydrogens (tertiary/aromatic N) is 5. The highest BCUT2D eigenvalue weighted by molar-refractivity contribution is 5.61. The van der Waals surface area contributed by atoms with Gasteiger partial charge in [-0.05, 0) is 26.0 Å². The van der Waals surface area contributed by atoms with Crippen LogP contribution in [0.1, 0.15) is 17.0 Å². The first-order valence-electron chi connectivity index (χ1n) is 6.77. The third kappa shape index (κ3) is 2.40. The molecule has 0 saturated heterocycles. The van der Waals surface area contributed by atoms with E-state index >= 15 is 0 Å². The second kappa shape index (κ2) is 5.05. The molecular formula is C15H18N6. The van der Waals surface area contributed by atoms with Crippen molar-refractivity contribution in [1.29, 1.82) is 0 Å². The summed E-state index contributed by atoms with van der Waals surface area (Å²) >= 11 is 0. The van der Waals surface area contributed by atoms with Crippen molar-refractivity contribution in [3.8, 4) is 11.3 Å². The Morgan fingerprint density at radius 2 is 2.10 bits per heavy atom. The minimum Gasteiger partial charge on any atom is -0.384 e. The van der Waals surface area contributed by atoms with Crippen molar-refractivity contribution >= 4 is 5.82 Å². The summed E-state index contributed by atoms with van der Waals surface area (Å²) in [4.78, 5) is 8.29. The first-order valence-corrected chi connectivity index (χ1v) is 6.77. The van der Waals surface area contributed by atoms with Crippen LogP contribution >= 0.6 is 0 Å². The van der Waals surface area contributed by atoms with E-state index in [2.05, 4.69) is 26.6 Å². The van der Waals surface area contributed by atoms with Gasteiger partial charge >= 0.3 is 0 Å². The SMILES string of the molecule is Cc1nn(C)c(C)c1Cn1cncc1-c1ccnc(N)c1. The van der Waals surface area contributed by atoms with Crippen molar-refractivity contribution in [3.63, 3.8) is 0 Å². The lowest BCUT2D eigenvalue weighted by atomic mass is 10.1. The minimum absolute atomic E-state index is 0.508.